The number of rotatable bonds is 3. The van der Waals surface area contributed by atoms with Gasteiger partial charge in [0.05, 0.1) is 12.7 Å². The molecule has 0 saturated carbocycles. The van der Waals surface area contributed by atoms with Crippen LogP contribution >= 0.6 is 0 Å². The molecule has 0 bridgehead atoms. The van der Waals surface area contributed by atoms with E-state index in [-0.39, 0.29) is 6.04 Å². The maximum atomic E-state index is 4.75. The normalized spacial score (nSPS) is 18.8. The summed E-state index contributed by atoms with van der Waals surface area (Å²) in [7, 11) is 0. The molecule has 2 rings (SSSR count). The van der Waals surface area contributed by atoms with Gasteiger partial charge in [-0.1, -0.05) is 24.3 Å². The summed E-state index contributed by atoms with van der Waals surface area (Å²) in [5, 5.41) is 3.36. The molecule has 1 aromatic rings. The molecule has 1 atom stereocenters. The third kappa shape index (κ3) is 3.37. The van der Waals surface area contributed by atoms with E-state index >= 15 is 0 Å². The molecule has 3 heteroatoms. The second kappa shape index (κ2) is 5.91. The molecule has 0 aliphatic carbocycles. The summed E-state index contributed by atoms with van der Waals surface area (Å²) in [5.74, 6) is 0.965. The number of hydrogen-bond acceptors (Lipinski definition) is 2. The summed E-state index contributed by atoms with van der Waals surface area (Å²) in [6, 6.07) is 9.12. The Balaban J connectivity index is 2.11. The first kappa shape index (κ1) is 13.7. The van der Waals surface area contributed by atoms with Crippen LogP contribution in [0.25, 0.3) is 0 Å². The van der Waals surface area contributed by atoms with Gasteiger partial charge in [-0.15, -0.1) is 0 Å². The highest BCUT2D eigenvalue weighted by Gasteiger charge is 2.12. The van der Waals surface area contributed by atoms with Gasteiger partial charge in [-0.25, -0.2) is 0 Å². The molecule has 3 nitrogen and oxygen atoms in total. The highest BCUT2D eigenvalue weighted by molar-refractivity contribution is 5.93. The standard InChI is InChI=1S/C16H23N3/c1-12(2)19-10-9-16(17-11-19)18-14(4)15-8-6-5-7-13(15)3/h5-10,12,14H,11H2,1-4H3,(H,17,18)/t14-/m0/s1. The van der Waals surface area contributed by atoms with Crippen molar-refractivity contribution in [2.24, 2.45) is 4.99 Å². The number of aryl methyl sites for hydroxylation is 1. The van der Waals surface area contributed by atoms with Crippen molar-refractivity contribution in [1.82, 2.24) is 10.2 Å². The third-order valence-electron chi connectivity index (χ3n) is 3.50. The lowest BCUT2D eigenvalue weighted by molar-refractivity contribution is 0.300. The van der Waals surface area contributed by atoms with E-state index in [1.54, 1.807) is 0 Å². The molecule has 1 heterocycles. The average Bonchev–Trinajstić information content (AvgIpc) is 2.39. The molecule has 1 N–H and O–H groups in total. The van der Waals surface area contributed by atoms with Crippen molar-refractivity contribution in [2.45, 2.75) is 39.8 Å². The van der Waals surface area contributed by atoms with Crippen LogP contribution in [0.1, 0.15) is 37.9 Å². The number of nitrogens with zero attached hydrogens (tertiary/aromatic N) is 2. The fraction of sp³-hybridized carbons (Fsp3) is 0.438. The van der Waals surface area contributed by atoms with E-state index in [1.165, 1.54) is 11.1 Å². The molecular weight excluding hydrogens is 234 g/mol. The Morgan fingerprint density at radius 2 is 1.95 bits per heavy atom. The Kier molecular flexibility index (Phi) is 4.25. The molecule has 0 amide bonds. The summed E-state index contributed by atoms with van der Waals surface area (Å²) in [6.45, 7) is 9.47. The molecule has 19 heavy (non-hydrogen) atoms. The molecule has 1 aliphatic rings. The quantitative estimate of drug-likeness (QED) is 0.900. The Labute approximate surface area is 116 Å². The molecule has 1 aromatic carbocycles. The van der Waals surface area contributed by atoms with Gasteiger partial charge >= 0.3 is 0 Å². The Morgan fingerprint density at radius 1 is 1.21 bits per heavy atom. The number of nitrogens with one attached hydrogen (secondary N) is 1. The number of hydrogen-bond donors (Lipinski definition) is 1. The lowest BCUT2D eigenvalue weighted by atomic mass is 10.0. The van der Waals surface area contributed by atoms with Gasteiger partial charge in [0.15, 0.2) is 0 Å². The fourth-order valence-corrected chi connectivity index (χ4v) is 2.23. The minimum atomic E-state index is 0.180. The van der Waals surface area contributed by atoms with Gasteiger partial charge in [-0.05, 0) is 44.9 Å². The van der Waals surface area contributed by atoms with Crippen molar-refractivity contribution in [3.63, 3.8) is 0 Å². The number of benzene rings is 1. The van der Waals surface area contributed by atoms with Crippen LogP contribution in [-0.4, -0.2) is 23.4 Å². The Hall–Kier alpha value is -1.77. The van der Waals surface area contributed by atoms with Crippen LogP contribution in [0.2, 0.25) is 0 Å². The van der Waals surface area contributed by atoms with Crippen LogP contribution < -0.4 is 5.32 Å². The van der Waals surface area contributed by atoms with Gasteiger partial charge in [0.2, 0.25) is 0 Å². The first-order valence-corrected chi connectivity index (χ1v) is 6.89. The number of amidine groups is 1. The van der Waals surface area contributed by atoms with Crippen LogP contribution in [0.15, 0.2) is 41.5 Å². The number of aliphatic imine (C=N–C) groups is 1. The molecule has 0 spiro atoms. The Bertz CT molecular complexity index is 489. The molecule has 0 unspecified atom stereocenters. The van der Waals surface area contributed by atoms with Gasteiger partial charge in [0, 0.05) is 12.2 Å². The van der Waals surface area contributed by atoms with E-state index < -0.39 is 0 Å². The summed E-state index contributed by atoms with van der Waals surface area (Å²) >= 11 is 0. The van der Waals surface area contributed by atoms with E-state index in [0.29, 0.717) is 6.04 Å². The van der Waals surface area contributed by atoms with E-state index in [9.17, 15) is 0 Å². The summed E-state index contributed by atoms with van der Waals surface area (Å²) in [4.78, 5) is 7.00. The second-order valence-electron chi connectivity index (χ2n) is 5.31. The lowest BCUT2D eigenvalue weighted by Crippen LogP contribution is -2.41. The monoisotopic (exact) mass is 257 g/mol. The zero-order valence-corrected chi connectivity index (χ0v) is 12.2. The SMILES string of the molecule is Cc1ccccc1[C@H](C)N=C1C=CN(C(C)C)CN1. The summed E-state index contributed by atoms with van der Waals surface area (Å²) in [6.07, 6.45) is 4.17. The van der Waals surface area contributed by atoms with Crippen molar-refractivity contribution in [3.8, 4) is 0 Å². The maximum absolute atomic E-state index is 4.75. The van der Waals surface area contributed by atoms with E-state index in [1.807, 2.05) is 0 Å². The molecule has 0 radical (unpaired) electrons. The van der Waals surface area contributed by atoms with Gasteiger partial charge in [0.25, 0.3) is 0 Å². The molecule has 1 aliphatic heterocycles. The van der Waals surface area contributed by atoms with Crippen LogP contribution in [0.4, 0.5) is 0 Å². The minimum absolute atomic E-state index is 0.180. The van der Waals surface area contributed by atoms with Crippen molar-refractivity contribution in [1.29, 1.82) is 0 Å². The van der Waals surface area contributed by atoms with Crippen LogP contribution in [0.5, 0.6) is 0 Å². The smallest absolute Gasteiger partial charge is 0.124 e. The maximum Gasteiger partial charge on any atom is 0.124 e. The van der Waals surface area contributed by atoms with E-state index in [2.05, 4.69) is 74.5 Å². The average molecular weight is 257 g/mol. The van der Waals surface area contributed by atoms with E-state index in [0.717, 1.165) is 12.5 Å². The predicted molar refractivity (Wildman–Crippen MR) is 81.1 cm³/mol. The van der Waals surface area contributed by atoms with E-state index in [4.69, 9.17) is 4.99 Å². The zero-order chi connectivity index (χ0) is 13.8. The van der Waals surface area contributed by atoms with Gasteiger partial charge < -0.3 is 10.2 Å². The molecule has 0 aromatic heterocycles. The second-order valence-corrected chi connectivity index (χ2v) is 5.31. The first-order valence-electron chi connectivity index (χ1n) is 6.89. The minimum Gasteiger partial charge on any atom is -0.358 e. The molecule has 102 valence electrons. The van der Waals surface area contributed by atoms with Gasteiger partial charge in [-0.3, -0.25) is 4.99 Å². The molecule has 0 fully saturated rings. The Morgan fingerprint density at radius 3 is 2.53 bits per heavy atom. The van der Waals surface area contributed by atoms with Crippen molar-refractivity contribution >= 4 is 5.84 Å². The van der Waals surface area contributed by atoms with Gasteiger partial charge in [0.1, 0.15) is 5.84 Å². The van der Waals surface area contributed by atoms with Crippen molar-refractivity contribution in [2.75, 3.05) is 6.67 Å². The zero-order valence-electron chi connectivity index (χ0n) is 12.2. The van der Waals surface area contributed by atoms with Crippen LogP contribution in [0.3, 0.4) is 0 Å². The highest BCUT2D eigenvalue weighted by Crippen LogP contribution is 2.20. The van der Waals surface area contributed by atoms with Crippen LogP contribution in [0, 0.1) is 6.92 Å². The van der Waals surface area contributed by atoms with Crippen LogP contribution in [-0.2, 0) is 0 Å². The molecule has 0 saturated heterocycles. The van der Waals surface area contributed by atoms with Gasteiger partial charge in [-0.2, -0.15) is 0 Å². The van der Waals surface area contributed by atoms with Crippen molar-refractivity contribution in [3.05, 3.63) is 47.7 Å². The molecular formula is C16H23N3. The first-order chi connectivity index (χ1) is 9.08. The largest absolute Gasteiger partial charge is 0.358 e. The van der Waals surface area contributed by atoms with Crippen molar-refractivity contribution < 1.29 is 0 Å². The lowest BCUT2D eigenvalue weighted by Gasteiger charge is -2.29. The predicted octanol–water partition coefficient (Wildman–Crippen LogP) is 3.24. The summed E-state index contributed by atoms with van der Waals surface area (Å²) in [5.41, 5.74) is 2.58. The summed E-state index contributed by atoms with van der Waals surface area (Å²) < 4.78 is 0. The topological polar surface area (TPSA) is 27.6 Å². The highest BCUT2D eigenvalue weighted by atomic mass is 15.3. The third-order valence-corrected chi connectivity index (χ3v) is 3.50. The fourth-order valence-electron chi connectivity index (χ4n) is 2.23.